The summed E-state index contributed by atoms with van der Waals surface area (Å²) in [6.07, 6.45) is 3.10. The normalized spacial score (nSPS) is 11.1. The number of carbonyl (C=O) groups is 1. The summed E-state index contributed by atoms with van der Waals surface area (Å²) in [5, 5.41) is 7.10. The molecule has 1 heterocycles. The Balaban J connectivity index is 1.80. The minimum absolute atomic E-state index is 0.165. The van der Waals surface area contributed by atoms with Crippen molar-refractivity contribution >= 4 is 17.7 Å². The monoisotopic (exact) mass is 349 g/mol. The molecule has 0 unspecified atom stereocenters. The topological polar surface area (TPSA) is 46.9 Å². The number of halogens is 1. The Morgan fingerprint density at radius 2 is 1.85 bits per heavy atom. The van der Waals surface area contributed by atoms with Gasteiger partial charge in [-0.15, -0.1) is 0 Å². The molecule has 132 valence electrons. The lowest BCUT2D eigenvalue weighted by molar-refractivity contribution is -0.111. The fourth-order valence-electron chi connectivity index (χ4n) is 2.77. The standard InChI is InChI=1S/C21H20FN3O/c1-14-9-11-20(19(22)13-14)23-21(26)12-10-18-15(2)24-25(16(18)3)17-7-5-4-6-8-17/h4-13H,1-3H3,(H,23,26)/b12-10+. The molecule has 0 bridgehead atoms. The molecule has 0 aliphatic rings. The molecule has 4 nitrogen and oxygen atoms in total. The predicted molar refractivity (Wildman–Crippen MR) is 102 cm³/mol. The second-order valence-electron chi connectivity index (χ2n) is 6.14. The lowest BCUT2D eigenvalue weighted by Crippen LogP contribution is -2.09. The van der Waals surface area contributed by atoms with Crippen LogP contribution in [0.1, 0.15) is 22.5 Å². The number of carbonyl (C=O) groups excluding carboxylic acids is 1. The number of rotatable bonds is 4. The number of hydrogen-bond acceptors (Lipinski definition) is 2. The molecule has 0 radical (unpaired) electrons. The largest absolute Gasteiger partial charge is 0.320 e. The number of aromatic nitrogens is 2. The van der Waals surface area contributed by atoms with Gasteiger partial charge in [0.05, 0.1) is 17.1 Å². The van der Waals surface area contributed by atoms with E-state index in [2.05, 4.69) is 10.4 Å². The highest BCUT2D eigenvalue weighted by Gasteiger charge is 2.11. The summed E-state index contributed by atoms with van der Waals surface area (Å²) in [4.78, 5) is 12.1. The molecule has 0 saturated carbocycles. The highest BCUT2D eigenvalue weighted by Crippen LogP contribution is 2.19. The van der Waals surface area contributed by atoms with E-state index in [-0.39, 0.29) is 11.6 Å². The average molecular weight is 349 g/mol. The summed E-state index contributed by atoms with van der Waals surface area (Å²) < 4.78 is 15.7. The van der Waals surface area contributed by atoms with Crippen molar-refractivity contribution in [2.45, 2.75) is 20.8 Å². The predicted octanol–water partition coefficient (Wildman–Crippen LogP) is 4.59. The van der Waals surface area contributed by atoms with Crippen LogP contribution < -0.4 is 5.32 Å². The van der Waals surface area contributed by atoms with Gasteiger partial charge in [0.15, 0.2) is 0 Å². The molecule has 1 N–H and O–H groups in total. The second kappa shape index (κ2) is 7.35. The molecule has 3 rings (SSSR count). The Morgan fingerprint density at radius 1 is 1.12 bits per heavy atom. The minimum Gasteiger partial charge on any atom is -0.320 e. The van der Waals surface area contributed by atoms with Gasteiger partial charge in [0, 0.05) is 17.3 Å². The molecular formula is C21H20FN3O. The van der Waals surface area contributed by atoms with Crippen molar-refractivity contribution in [3.05, 3.63) is 82.9 Å². The number of nitrogens with one attached hydrogen (secondary N) is 1. The van der Waals surface area contributed by atoms with Gasteiger partial charge >= 0.3 is 0 Å². The van der Waals surface area contributed by atoms with Crippen molar-refractivity contribution in [3.63, 3.8) is 0 Å². The van der Waals surface area contributed by atoms with Crippen molar-refractivity contribution in [3.8, 4) is 5.69 Å². The van der Waals surface area contributed by atoms with E-state index in [0.29, 0.717) is 0 Å². The van der Waals surface area contributed by atoms with Gasteiger partial charge in [-0.05, 0) is 56.7 Å². The van der Waals surface area contributed by atoms with Gasteiger partial charge in [0.2, 0.25) is 5.91 Å². The highest BCUT2D eigenvalue weighted by molar-refractivity contribution is 6.02. The third-order valence-corrected chi connectivity index (χ3v) is 4.13. The quantitative estimate of drug-likeness (QED) is 0.700. The third kappa shape index (κ3) is 3.72. The van der Waals surface area contributed by atoms with Crippen molar-refractivity contribution in [1.82, 2.24) is 9.78 Å². The number of hydrogen-bond donors (Lipinski definition) is 1. The van der Waals surface area contributed by atoms with Gasteiger partial charge < -0.3 is 5.32 Å². The SMILES string of the molecule is Cc1ccc(NC(=O)/C=C/c2c(C)nn(-c3ccccc3)c2C)c(F)c1. The van der Waals surface area contributed by atoms with E-state index in [1.54, 1.807) is 25.1 Å². The summed E-state index contributed by atoms with van der Waals surface area (Å²) >= 11 is 0. The first-order valence-corrected chi connectivity index (χ1v) is 8.32. The molecule has 1 amide bonds. The zero-order valence-corrected chi connectivity index (χ0v) is 15.0. The smallest absolute Gasteiger partial charge is 0.248 e. The van der Waals surface area contributed by atoms with Crippen LogP contribution in [0.2, 0.25) is 0 Å². The van der Waals surface area contributed by atoms with Crippen LogP contribution in [-0.4, -0.2) is 15.7 Å². The maximum Gasteiger partial charge on any atom is 0.248 e. The van der Waals surface area contributed by atoms with E-state index in [1.165, 1.54) is 12.1 Å². The maximum atomic E-state index is 13.8. The minimum atomic E-state index is -0.448. The number of para-hydroxylation sites is 1. The van der Waals surface area contributed by atoms with Gasteiger partial charge in [-0.1, -0.05) is 24.3 Å². The van der Waals surface area contributed by atoms with Crippen LogP contribution in [0.4, 0.5) is 10.1 Å². The third-order valence-electron chi connectivity index (χ3n) is 4.13. The average Bonchev–Trinajstić information content (AvgIpc) is 2.90. The maximum absolute atomic E-state index is 13.8. The summed E-state index contributed by atoms with van der Waals surface area (Å²) in [6, 6.07) is 14.5. The van der Waals surface area contributed by atoms with E-state index in [1.807, 2.05) is 48.9 Å². The Morgan fingerprint density at radius 3 is 2.54 bits per heavy atom. The van der Waals surface area contributed by atoms with Gasteiger partial charge in [-0.3, -0.25) is 4.79 Å². The van der Waals surface area contributed by atoms with Crippen LogP contribution in [0.3, 0.4) is 0 Å². The van der Waals surface area contributed by atoms with Crippen LogP contribution in [0.25, 0.3) is 11.8 Å². The van der Waals surface area contributed by atoms with E-state index < -0.39 is 5.82 Å². The molecule has 2 aromatic carbocycles. The molecule has 3 aromatic rings. The molecule has 26 heavy (non-hydrogen) atoms. The number of amides is 1. The Kier molecular flexibility index (Phi) is 4.98. The zero-order valence-electron chi connectivity index (χ0n) is 15.0. The van der Waals surface area contributed by atoms with Crippen LogP contribution in [0.15, 0.2) is 54.6 Å². The Bertz CT molecular complexity index is 974. The summed E-state index contributed by atoms with van der Waals surface area (Å²) in [6.45, 7) is 5.64. The van der Waals surface area contributed by atoms with Crippen LogP contribution >= 0.6 is 0 Å². The lowest BCUT2D eigenvalue weighted by atomic mass is 10.1. The molecule has 0 aliphatic heterocycles. The van der Waals surface area contributed by atoms with Crippen LogP contribution in [0, 0.1) is 26.6 Å². The van der Waals surface area contributed by atoms with Crippen molar-refractivity contribution in [2.24, 2.45) is 0 Å². The van der Waals surface area contributed by atoms with Crippen molar-refractivity contribution < 1.29 is 9.18 Å². The molecule has 1 aromatic heterocycles. The molecule has 0 fully saturated rings. The summed E-state index contributed by atoms with van der Waals surface area (Å²) in [5.41, 5.74) is 4.54. The molecule has 0 atom stereocenters. The molecule has 0 spiro atoms. The fraction of sp³-hybridized carbons (Fsp3) is 0.143. The zero-order chi connectivity index (χ0) is 18.7. The van der Waals surface area contributed by atoms with E-state index in [4.69, 9.17) is 0 Å². The highest BCUT2D eigenvalue weighted by atomic mass is 19.1. The summed E-state index contributed by atoms with van der Waals surface area (Å²) in [7, 11) is 0. The van der Waals surface area contributed by atoms with Crippen LogP contribution in [0.5, 0.6) is 0 Å². The van der Waals surface area contributed by atoms with E-state index >= 15 is 0 Å². The molecular weight excluding hydrogens is 329 g/mol. The van der Waals surface area contributed by atoms with Crippen molar-refractivity contribution in [2.75, 3.05) is 5.32 Å². The first-order chi connectivity index (χ1) is 12.5. The Labute approximate surface area is 152 Å². The van der Waals surface area contributed by atoms with Gasteiger partial charge in [0.1, 0.15) is 5.82 Å². The van der Waals surface area contributed by atoms with E-state index in [9.17, 15) is 9.18 Å². The lowest BCUT2D eigenvalue weighted by Gasteiger charge is -2.05. The Hall–Kier alpha value is -3.21. The second-order valence-corrected chi connectivity index (χ2v) is 6.14. The molecule has 0 aliphatic carbocycles. The molecule has 5 heteroatoms. The molecule has 0 saturated heterocycles. The number of anilines is 1. The number of nitrogens with zero attached hydrogens (tertiary/aromatic N) is 2. The van der Waals surface area contributed by atoms with Crippen LogP contribution in [-0.2, 0) is 4.79 Å². The first-order valence-electron chi connectivity index (χ1n) is 8.32. The van der Waals surface area contributed by atoms with Gasteiger partial charge in [-0.25, -0.2) is 9.07 Å². The fourth-order valence-corrected chi connectivity index (χ4v) is 2.77. The van der Waals surface area contributed by atoms with Gasteiger partial charge in [0.25, 0.3) is 0 Å². The van der Waals surface area contributed by atoms with E-state index in [0.717, 1.165) is 28.2 Å². The summed E-state index contributed by atoms with van der Waals surface area (Å²) in [5.74, 6) is -0.838. The first kappa shape index (κ1) is 17.6. The number of aryl methyl sites for hydroxylation is 2. The number of benzene rings is 2. The van der Waals surface area contributed by atoms with Gasteiger partial charge in [-0.2, -0.15) is 5.10 Å². The van der Waals surface area contributed by atoms with Crippen molar-refractivity contribution in [1.29, 1.82) is 0 Å².